The van der Waals surface area contributed by atoms with Crippen LogP contribution >= 0.6 is 11.3 Å². The van der Waals surface area contributed by atoms with Gasteiger partial charge in [-0.2, -0.15) is 5.10 Å². The van der Waals surface area contributed by atoms with E-state index in [1.807, 2.05) is 6.92 Å². The first-order valence-electron chi connectivity index (χ1n) is 8.48. The van der Waals surface area contributed by atoms with E-state index < -0.39 is 10.8 Å². The minimum atomic E-state index is -0.583. The van der Waals surface area contributed by atoms with E-state index in [9.17, 15) is 19.7 Å². The molecule has 2 amide bonds. The average molecular weight is 420 g/mol. The molecule has 12 nitrogen and oxygen atoms in total. The number of rotatable bonds is 8. The van der Waals surface area contributed by atoms with E-state index in [1.54, 1.807) is 0 Å². The van der Waals surface area contributed by atoms with Crippen LogP contribution < -0.4 is 20.2 Å². The fourth-order valence-corrected chi connectivity index (χ4v) is 3.10. The van der Waals surface area contributed by atoms with Gasteiger partial charge in [0.25, 0.3) is 5.69 Å². The molecule has 2 N–H and O–H groups in total. The first-order chi connectivity index (χ1) is 14.0. The second-order valence-corrected chi connectivity index (χ2v) is 6.85. The Balaban J connectivity index is 1.59. The van der Waals surface area contributed by atoms with Crippen molar-refractivity contribution in [3.05, 3.63) is 32.8 Å². The maximum atomic E-state index is 12.0. The quantitative estimate of drug-likeness (QED) is 0.370. The highest BCUT2D eigenvalue weighted by atomic mass is 32.1. The summed E-state index contributed by atoms with van der Waals surface area (Å²) in [6.45, 7) is 1.86. The van der Waals surface area contributed by atoms with E-state index in [0.29, 0.717) is 28.7 Å². The third-order valence-corrected chi connectivity index (χ3v) is 4.45. The summed E-state index contributed by atoms with van der Waals surface area (Å²) in [5.74, 6) is -0.0346. The molecule has 2 heterocycles. The molecule has 0 aliphatic carbocycles. The van der Waals surface area contributed by atoms with Gasteiger partial charge in [0.2, 0.25) is 23.7 Å². The second kappa shape index (κ2) is 9.05. The first kappa shape index (κ1) is 20.1. The zero-order chi connectivity index (χ0) is 20.8. The molecule has 2 aromatic rings. The number of fused-ring (bicyclic) bond motifs is 1. The van der Waals surface area contributed by atoms with Crippen molar-refractivity contribution < 1.29 is 24.0 Å². The number of nitrogens with zero attached hydrogens (tertiary/aromatic N) is 4. The van der Waals surface area contributed by atoms with Crippen LogP contribution in [0.5, 0.6) is 11.5 Å². The molecule has 29 heavy (non-hydrogen) atoms. The summed E-state index contributed by atoms with van der Waals surface area (Å²) < 4.78 is 10.3. The summed E-state index contributed by atoms with van der Waals surface area (Å²) in [5.41, 5.74) is 2.19. The summed E-state index contributed by atoms with van der Waals surface area (Å²) in [6, 6.07) is 2.65. The van der Waals surface area contributed by atoms with Gasteiger partial charge in [0, 0.05) is 6.42 Å². The number of amides is 2. The molecule has 152 valence electrons. The molecule has 0 bridgehead atoms. The highest BCUT2D eigenvalue weighted by molar-refractivity contribution is 7.15. The Morgan fingerprint density at radius 1 is 1.31 bits per heavy atom. The van der Waals surface area contributed by atoms with Crippen LogP contribution in [0.15, 0.2) is 17.2 Å². The zero-order valence-electron chi connectivity index (χ0n) is 15.2. The smallest absolute Gasteiger partial charge is 0.282 e. The number of hydrogen-bond acceptors (Lipinski definition) is 10. The summed E-state index contributed by atoms with van der Waals surface area (Å²) in [4.78, 5) is 34.1. The third kappa shape index (κ3) is 5.22. The highest BCUT2D eigenvalue weighted by Crippen LogP contribution is 2.37. The van der Waals surface area contributed by atoms with Gasteiger partial charge in [0.15, 0.2) is 11.5 Å². The van der Waals surface area contributed by atoms with Crippen molar-refractivity contribution in [2.24, 2.45) is 5.10 Å². The van der Waals surface area contributed by atoms with Crippen LogP contribution in [-0.2, 0) is 16.0 Å². The summed E-state index contributed by atoms with van der Waals surface area (Å²) >= 11 is 1.08. The van der Waals surface area contributed by atoms with E-state index >= 15 is 0 Å². The van der Waals surface area contributed by atoms with Crippen molar-refractivity contribution in [2.75, 3.05) is 12.1 Å². The Kier molecular flexibility index (Phi) is 6.29. The van der Waals surface area contributed by atoms with Crippen molar-refractivity contribution in [1.29, 1.82) is 0 Å². The second-order valence-electron chi connectivity index (χ2n) is 5.79. The standard InChI is InChI=1S/C16H16N6O6S/c1-2-3-13(23)18-16-21-20-15(29-16)6-14(24)19-17-7-9-4-11-12(28-8-27-11)5-10(9)22(25)26/h4-5,7H,2-3,6,8H2,1H3,(H,19,24)(H,18,21,23)/b17-7+. The molecule has 13 heteroatoms. The van der Waals surface area contributed by atoms with Crippen molar-refractivity contribution in [1.82, 2.24) is 15.6 Å². The van der Waals surface area contributed by atoms with Gasteiger partial charge in [0.05, 0.1) is 29.2 Å². The Bertz CT molecular complexity index is 975. The molecular formula is C16H16N6O6S. The number of nitro groups is 1. The fourth-order valence-electron chi connectivity index (χ4n) is 2.34. The number of hydrazone groups is 1. The lowest BCUT2D eigenvalue weighted by Crippen LogP contribution is -2.19. The summed E-state index contributed by atoms with van der Waals surface area (Å²) in [6.07, 6.45) is 2.12. The molecule has 1 aliphatic rings. The largest absolute Gasteiger partial charge is 0.454 e. The van der Waals surface area contributed by atoms with Crippen LogP contribution in [-0.4, -0.2) is 39.9 Å². The van der Waals surface area contributed by atoms with Gasteiger partial charge in [-0.3, -0.25) is 19.7 Å². The van der Waals surface area contributed by atoms with Crippen molar-refractivity contribution in [3.63, 3.8) is 0 Å². The lowest BCUT2D eigenvalue weighted by atomic mass is 10.1. The van der Waals surface area contributed by atoms with Crippen LogP contribution in [0.2, 0.25) is 0 Å². The van der Waals surface area contributed by atoms with Crippen molar-refractivity contribution in [3.8, 4) is 11.5 Å². The minimum absolute atomic E-state index is 0.0213. The number of anilines is 1. The number of carbonyl (C=O) groups is 2. The Morgan fingerprint density at radius 2 is 2.07 bits per heavy atom. The van der Waals surface area contributed by atoms with Crippen molar-refractivity contribution in [2.45, 2.75) is 26.2 Å². The maximum absolute atomic E-state index is 12.0. The predicted octanol–water partition coefficient (Wildman–Crippen LogP) is 1.61. The van der Waals surface area contributed by atoms with Crippen LogP contribution in [0.4, 0.5) is 10.8 Å². The third-order valence-electron chi connectivity index (χ3n) is 3.61. The van der Waals surface area contributed by atoms with Crippen LogP contribution in [0.3, 0.4) is 0 Å². The molecule has 3 rings (SSSR count). The van der Waals surface area contributed by atoms with Gasteiger partial charge in [-0.05, 0) is 12.5 Å². The molecule has 0 fully saturated rings. The lowest BCUT2D eigenvalue weighted by molar-refractivity contribution is -0.385. The predicted molar refractivity (Wildman–Crippen MR) is 102 cm³/mol. The van der Waals surface area contributed by atoms with E-state index in [-0.39, 0.29) is 36.1 Å². The van der Waals surface area contributed by atoms with E-state index in [2.05, 4.69) is 26.0 Å². The fraction of sp³-hybridized carbons (Fsp3) is 0.312. The first-order valence-corrected chi connectivity index (χ1v) is 9.30. The number of nitrogens with one attached hydrogen (secondary N) is 2. The molecule has 1 aliphatic heterocycles. The van der Waals surface area contributed by atoms with Gasteiger partial charge in [-0.1, -0.05) is 18.3 Å². The Labute approximate surface area is 168 Å². The minimum Gasteiger partial charge on any atom is -0.454 e. The zero-order valence-corrected chi connectivity index (χ0v) is 16.0. The van der Waals surface area contributed by atoms with Gasteiger partial charge >= 0.3 is 0 Å². The molecule has 1 aromatic heterocycles. The molecule has 1 aromatic carbocycles. The SMILES string of the molecule is CCCC(=O)Nc1nnc(CC(=O)N/N=C/c2cc3c(cc2[N+](=O)[O-])OCO3)s1. The monoisotopic (exact) mass is 420 g/mol. The topological polar surface area (TPSA) is 158 Å². The summed E-state index contributed by atoms with van der Waals surface area (Å²) in [5, 5.41) is 25.9. The van der Waals surface area contributed by atoms with E-state index in [0.717, 1.165) is 17.6 Å². The van der Waals surface area contributed by atoms with Gasteiger partial charge in [-0.15, -0.1) is 10.2 Å². The van der Waals surface area contributed by atoms with Gasteiger partial charge < -0.3 is 14.8 Å². The van der Waals surface area contributed by atoms with Gasteiger partial charge in [0.1, 0.15) is 5.01 Å². The molecular weight excluding hydrogens is 404 g/mol. The molecule has 0 saturated carbocycles. The molecule has 0 saturated heterocycles. The number of carbonyl (C=O) groups excluding carboxylic acids is 2. The average Bonchev–Trinajstić information content (AvgIpc) is 3.29. The van der Waals surface area contributed by atoms with Crippen LogP contribution in [0.1, 0.15) is 30.3 Å². The van der Waals surface area contributed by atoms with Crippen LogP contribution in [0, 0.1) is 10.1 Å². The Hall–Kier alpha value is -3.61. The highest BCUT2D eigenvalue weighted by Gasteiger charge is 2.22. The number of benzene rings is 1. The number of aromatic nitrogens is 2. The van der Waals surface area contributed by atoms with E-state index in [4.69, 9.17) is 9.47 Å². The molecule has 0 radical (unpaired) electrons. The number of nitro benzene ring substituents is 1. The number of ether oxygens (including phenoxy) is 2. The normalized spacial score (nSPS) is 12.2. The molecule has 0 atom stereocenters. The molecule has 0 spiro atoms. The summed E-state index contributed by atoms with van der Waals surface area (Å²) in [7, 11) is 0. The number of hydrogen-bond donors (Lipinski definition) is 2. The Morgan fingerprint density at radius 3 is 2.79 bits per heavy atom. The lowest BCUT2D eigenvalue weighted by Gasteiger charge is -2.01. The van der Waals surface area contributed by atoms with E-state index in [1.165, 1.54) is 12.1 Å². The van der Waals surface area contributed by atoms with Gasteiger partial charge in [-0.25, -0.2) is 5.43 Å². The van der Waals surface area contributed by atoms with Crippen molar-refractivity contribution >= 4 is 40.2 Å². The maximum Gasteiger partial charge on any atom is 0.282 e. The molecule has 0 unspecified atom stereocenters. The van der Waals surface area contributed by atoms with Crippen LogP contribution in [0.25, 0.3) is 0 Å².